The summed E-state index contributed by atoms with van der Waals surface area (Å²) in [5.41, 5.74) is 0.292. The van der Waals surface area contributed by atoms with Gasteiger partial charge in [-0.05, 0) is 38.5 Å². The topological polar surface area (TPSA) is 85.6 Å². The Morgan fingerprint density at radius 3 is 2.68 bits per heavy atom. The summed E-state index contributed by atoms with van der Waals surface area (Å²) in [5, 5.41) is 3.26. The van der Waals surface area contributed by atoms with Crippen LogP contribution < -0.4 is 15.7 Å². The van der Waals surface area contributed by atoms with E-state index in [1.807, 2.05) is 6.92 Å². The molecule has 0 aliphatic rings. The highest BCUT2D eigenvalue weighted by atomic mass is 16.5. The van der Waals surface area contributed by atoms with Gasteiger partial charge in [0, 0.05) is 24.1 Å². The van der Waals surface area contributed by atoms with Gasteiger partial charge in [-0.1, -0.05) is 18.9 Å². The average molecular weight is 343 g/mol. The molecular formula is C19H21NO5. The molecule has 1 heterocycles. The summed E-state index contributed by atoms with van der Waals surface area (Å²) < 4.78 is 10.4. The standard InChI is InChI=1S/C19H21NO5/c1-4-5-8-20-18(22)15-10-13-6-7-14(11-16(13)25-19(15)23)24-17(21)9-12(2)3/h6-7,9-11H,4-5,8H2,1-3H3,(H,20,22). The van der Waals surface area contributed by atoms with Gasteiger partial charge in [0.2, 0.25) is 0 Å². The number of nitrogens with one attached hydrogen (secondary N) is 1. The summed E-state index contributed by atoms with van der Waals surface area (Å²) in [4.78, 5) is 35.7. The average Bonchev–Trinajstić information content (AvgIpc) is 2.53. The molecule has 1 aromatic carbocycles. The van der Waals surface area contributed by atoms with Crippen molar-refractivity contribution in [1.82, 2.24) is 5.32 Å². The number of benzene rings is 1. The van der Waals surface area contributed by atoms with E-state index in [1.165, 1.54) is 18.2 Å². The van der Waals surface area contributed by atoms with Crippen LogP contribution in [-0.2, 0) is 4.79 Å². The first kappa shape index (κ1) is 18.4. The lowest BCUT2D eigenvalue weighted by molar-refractivity contribution is -0.129. The maximum absolute atomic E-state index is 12.1. The second kappa shape index (κ2) is 8.28. The number of fused-ring (bicyclic) bond motifs is 1. The predicted molar refractivity (Wildman–Crippen MR) is 94.8 cm³/mol. The van der Waals surface area contributed by atoms with E-state index in [2.05, 4.69) is 5.32 Å². The highest BCUT2D eigenvalue weighted by Crippen LogP contribution is 2.21. The molecule has 2 rings (SSSR count). The highest BCUT2D eigenvalue weighted by Gasteiger charge is 2.14. The molecule has 0 spiro atoms. The van der Waals surface area contributed by atoms with Gasteiger partial charge in [0.05, 0.1) is 0 Å². The van der Waals surface area contributed by atoms with Crippen molar-refractivity contribution in [3.8, 4) is 5.75 Å². The minimum atomic E-state index is -0.728. The molecule has 1 N–H and O–H groups in total. The Kier molecular flexibility index (Phi) is 6.11. The molecular weight excluding hydrogens is 322 g/mol. The van der Waals surface area contributed by atoms with Gasteiger partial charge >= 0.3 is 11.6 Å². The zero-order chi connectivity index (χ0) is 18.4. The molecule has 6 nitrogen and oxygen atoms in total. The third-order valence-corrected chi connectivity index (χ3v) is 3.39. The van der Waals surface area contributed by atoms with Gasteiger partial charge in [-0.2, -0.15) is 0 Å². The molecule has 132 valence electrons. The monoisotopic (exact) mass is 343 g/mol. The number of carbonyl (C=O) groups excluding carboxylic acids is 2. The molecule has 2 aromatic rings. The molecule has 0 bridgehead atoms. The van der Waals surface area contributed by atoms with Crippen molar-refractivity contribution in [3.63, 3.8) is 0 Å². The van der Waals surface area contributed by atoms with Crippen molar-refractivity contribution >= 4 is 22.8 Å². The Morgan fingerprint density at radius 1 is 1.24 bits per heavy atom. The number of allylic oxidation sites excluding steroid dienone is 1. The van der Waals surface area contributed by atoms with Crippen molar-refractivity contribution < 1.29 is 18.7 Å². The third-order valence-electron chi connectivity index (χ3n) is 3.39. The van der Waals surface area contributed by atoms with Crippen LogP contribution in [0.1, 0.15) is 44.0 Å². The van der Waals surface area contributed by atoms with Crippen molar-refractivity contribution in [3.05, 3.63) is 51.9 Å². The molecule has 0 saturated carbocycles. The van der Waals surface area contributed by atoms with Crippen LogP contribution in [-0.4, -0.2) is 18.4 Å². The zero-order valence-electron chi connectivity index (χ0n) is 14.5. The predicted octanol–water partition coefficient (Wildman–Crippen LogP) is 3.19. The fourth-order valence-electron chi connectivity index (χ4n) is 2.17. The Labute approximate surface area is 145 Å². The van der Waals surface area contributed by atoms with Crippen LogP contribution in [0.5, 0.6) is 5.75 Å². The van der Waals surface area contributed by atoms with E-state index in [0.29, 0.717) is 11.9 Å². The Bertz CT molecular complexity index is 875. The molecule has 0 atom stereocenters. The van der Waals surface area contributed by atoms with Gasteiger partial charge in [0.1, 0.15) is 16.9 Å². The summed E-state index contributed by atoms with van der Waals surface area (Å²) in [6.07, 6.45) is 3.15. The molecule has 0 saturated heterocycles. The highest BCUT2D eigenvalue weighted by molar-refractivity contribution is 5.96. The largest absolute Gasteiger partial charge is 0.423 e. The van der Waals surface area contributed by atoms with Crippen LogP contribution in [0.25, 0.3) is 11.0 Å². The maximum Gasteiger partial charge on any atom is 0.349 e. The van der Waals surface area contributed by atoms with Gasteiger partial charge in [-0.25, -0.2) is 9.59 Å². The van der Waals surface area contributed by atoms with E-state index in [-0.39, 0.29) is 16.9 Å². The molecule has 25 heavy (non-hydrogen) atoms. The summed E-state index contributed by atoms with van der Waals surface area (Å²) >= 11 is 0. The van der Waals surface area contributed by atoms with Gasteiger partial charge in [-0.3, -0.25) is 4.79 Å². The van der Waals surface area contributed by atoms with Crippen molar-refractivity contribution in [1.29, 1.82) is 0 Å². The molecule has 0 unspecified atom stereocenters. The molecule has 1 aromatic heterocycles. The van der Waals surface area contributed by atoms with E-state index < -0.39 is 17.5 Å². The van der Waals surface area contributed by atoms with E-state index in [4.69, 9.17) is 9.15 Å². The van der Waals surface area contributed by atoms with Crippen LogP contribution in [0.3, 0.4) is 0 Å². The number of carbonyl (C=O) groups is 2. The van der Waals surface area contributed by atoms with Gasteiger partial charge in [0.15, 0.2) is 0 Å². The van der Waals surface area contributed by atoms with Crippen molar-refractivity contribution in [2.24, 2.45) is 0 Å². The Morgan fingerprint density at radius 2 is 2.00 bits per heavy atom. The SMILES string of the molecule is CCCCNC(=O)c1cc2ccc(OC(=O)C=C(C)C)cc2oc1=O. The van der Waals surface area contributed by atoms with E-state index >= 15 is 0 Å². The van der Waals surface area contributed by atoms with Crippen LogP contribution in [0.15, 0.2) is 45.1 Å². The summed E-state index contributed by atoms with van der Waals surface area (Å²) in [5.74, 6) is -0.699. The number of hydrogen-bond donors (Lipinski definition) is 1. The molecule has 0 radical (unpaired) electrons. The van der Waals surface area contributed by atoms with Crippen LogP contribution >= 0.6 is 0 Å². The van der Waals surface area contributed by atoms with Gasteiger partial charge in [-0.15, -0.1) is 0 Å². The number of esters is 1. The molecule has 0 aliphatic carbocycles. The van der Waals surface area contributed by atoms with Gasteiger partial charge < -0.3 is 14.5 Å². The van der Waals surface area contributed by atoms with Gasteiger partial charge in [0.25, 0.3) is 5.91 Å². The first-order valence-electron chi connectivity index (χ1n) is 8.13. The number of hydrogen-bond acceptors (Lipinski definition) is 5. The summed E-state index contributed by atoms with van der Waals surface area (Å²) in [7, 11) is 0. The van der Waals surface area contributed by atoms with Crippen molar-refractivity contribution in [2.75, 3.05) is 6.54 Å². The third kappa shape index (κ3) is 5.04. The lowest BCUT2D eigenvalue weighted by Crippen LogP contribution is -2.28. The quantitative estimate of drug-likeness (QED) is 0.286. The number of unbranched alkanes of at least 4 members (excludes halogenated alkanes) is 1. The lowest BCUT2D eigenvalue weighted by atomic mass is 10.1. The van der Waals surface area contributed by atoms with Crippen LogP contribution in [0.4, 0.5) is 0 Å². The fourth-order valence-corrected chi connectivity index (χ4v) is 2.17. The second-order valence-corrected chi connectivity index (χ2v) is 5.90. The number of rotatable bonds is 6. The Hall–Kier alpha value is -2.89. The molecule has 1 amide bonds. The molecule has 0 aliphatic heterocycles. The summed E-state index contributed by atoms with van der Waals surface area (Å²) in [6.45, 7) is 6.09. The van der Waals surface area contributed by atoms with Crippen molar-refractivity contribution in [2.45, 2.75) is 33.6 Å². The number of amides is 1. The maximum atomic E-state index is 12.1. The van der Waals surface area contributed by atoms with E-state index in [0.717, 1.165) is 18.4 Å². The lowest BCUT2D eigenvalue weighted by Gasteiger charge is -2.06. The van der Waals surface area contributed by atoms with E-state index in [9.17, 15) is 14.4 Å². The zero-order valence-corrected chi connectivity index (χ0v) is 14.5. The van der Waals surface area contributed by atoms with Crippen LogP contribution in [0, 0.1) is 0 Å². The minimum absolute atomic E-state index is 0.0436. The van der Waals surface area contributed by atoms with E-state index in [1.54, 1.807) is 26.0 Å². The smallest absolute Gasteiger partial charge is 0.349 e. The molecule has 0 fully saturated rings. The fraction of sp³-hybridized carbons (Fsp3) is 0.316. The van der Waals surface area contributed by atoms with Crippen LogP contribution in [0.2, 0.25) is 0 Å². The second-order valence-electron chi connectivity index (χ2n) is 5.90. The normalized spacial score (nSPS) is 10.4. The Balaban J connectivity index is 2.26. The first-order valence-corrected chi connectivity index (χ1v) is 8.13. The minimum Gasteiger partial charge on any atom is -0.423 e. The number of ether oxygens (including phenoxy) is 1. The summed E-state index contributed by atoms with van der Waals surface area (Å²) in [6, 6.07) is 6.14. The molecule has 6 heteroatoms. The first-order chi connectivity index (χ1) is 11.9.